The van der Waals surface area contributed by atoms with E-state index in [0.29, 0.717) is 11.9 Å². The fraction of sp³-hybridized carbons (Fsp3) is 0.357. The number of nitrogens with two attached hydrogens (primary N) is 1. The van der Waals surface area contributed by atoms with Crippen LogP contribution in [-0.4, -0.2) is 32.7 Å². The van der Waals surface area contributed by atoms with Gasteiger partial charge in [-0.15, -0.1) is 5.10 Å². The van der Waals surface area contributed by atoms with Crippen LogP contribution in [0.1, 0.15) is 24.6 Å². The molecular formula is C14H16N6. The molecule has 1 aliphatic rings. The third-order valence-electron chi connectivity index (χ3n) is 3.88. The van der Waals surface area contributed by atoms with Gasteiger partial charge in [0.05, 0.1) is 5.52 Å². The highest BCUT2D eigenvalue weighted by molar-refractivity contribution is 5.92. The highest BCUT2D eigenvalue weighted by Crippen LogP contribution is 2.24. The number of nitrogens with zero attached hydrogens (tertiary/aromatic N) is 4. The van der Waals surface area contributed by atoms with E-state index in [4.69, 9.17) is 10.7 Å². The van der Waals surface area contributed by atoms with Crippen molar-refractivity contribution in [3.05, 3.63) is 30.1 Å². The number of piperidine rings is 1. The number of nitrogen functional groups attached to an aromatic ring is 1. The number of para-hydroxylation sites is 1. The number of anilines is 1. The number of hydrogen-bond acceptors (Lipinski definition) is 5. The van der Waals surface area contributed by atoms with E-state index in [1.54, 1.807) is 4.52 Å². The Morgan fingerprint density at radius 1 is 1.25 bits per heavy atom. The zero-order valence-corrected chi connectivity index (χ0v) is 11.1. The Hall–Kier alpha value is -2.21. The topological polar surface area (TPSA) is 81.1 Å². The first-order valence-corrected chi connectivity index (χ1v) is 6.94. The van der Waals surface area contributed by atoms with Crippen LogP contribution in [0.3, 0.4) is 0 Å². The first-order valence-electron chi connectivity index (χ1n) is 6.94. The van der Waals surface area contributed by atoms with E-state index in [2.05, 4.69) is 15.4 Å². The van der Waals surface area contributed by atoms with Crippen LogP contribution in [0.5, 0.6) is 0 Å². The first-order chi connectivity index (χ1) is 9.83. The van der Waals surface area contributed by atoms with Crippen LogP contribution in [0.25, 0.3) is 16.6 Å². The smallest absolute Gasteiger partial charge is 0.223 e. The van der Waals surface area contributed by atoms with Crippen molar-refractivity contribution < 1.29 is 0 Å². The molecule has 2 aromatic heterocycles. The maximum absolute atomic E-state index is 6.00. The van der Waals surface area contributed by atoms with E-state index in [9.17, 15) is 0 Å². The van der Waals surface area contributed by atoms with E-state index < -0.39 is 0 Å². The average molecular weight is 268 g/mol. The van der Waals surface area contributed by atoms with Gasteiger partial charge in [0.2, 0.25) is 5.95 Å². The van der Waals surface area contributed by atoms with Crippen molar-refractivity contribution in [2.24, 2.45) is 0 Å². The van der Waals surface area contributed by atoms with Gasteiger partial charge in [0.1, 0.15) is 0 Å². The second-order valence-electron chi connectivity index (χ2n) is 5.24. The highest BCUT2D eigenvalue weighted by Gasteiger charge is 2.21. The minimum absolute atomic E-state index is 0.363. The first kappa shape index (κ1) is 11.6. The van der Waals surface area contributed by atoms with Crippen LogP contribution in [-0.2, 0) is 0 Å². The quantitative estimate of drug-likeness (QED) is 0.696. The number of rotatable bonds is 1. The monoisotopic (exact) mass is 268 g/mol. The Bertz CT molecular complexity index is 772. The zero-order chi connectivity index (χ0) is 13.5. The zero-order valence-electron chi connectivity index (χ0n) is 11.1. The molecule has 0 spiro atoms. The number of fused-ring (bicyclic) bond motifs is 3. The molecule has 0 radical (unpaired) electrons. The summed E-state index contributed by atoms with van der Waals surface area (Å²) in [6, 6.07) is 7.89. The summed E-state index contributed by atoms with van der Waals surface area (Å²) in [6.45, 7) is 2.01. The summed E-state index contributed by atoms with van der Waals surface area (Å²) >= 11 is 0. The van der Waals surface area contributed by atoms with Gasteiger partial charge >= 0.3 is 0 Å². The second kappa shape index (κ2) is 4.42. The van der Waals surface area contributed by atoms with Gasteiger partial charge in [0.25, 0.3) is 0 Å². The minimum Gasteiger partial charge on any atom is -0.368 e. The molecule has 0 bridgehead atoms. The summed E-state index contributed by atoms with van der Waals surface area (Å²) in [4.78, 5) is 9.10. The molecule has 1 aliphatic heterocycles. The SMILES string of the molecule is Nc1nc2ccccc2c2nc(C3CCCNC3)nn12. The molecular weight excluding hydrogens is 252 g/mol. The molecule has 0 aliphatic carbocycles. The summed E-state index contributed by atoms with van der Waals surface area (Å²) in [6.07, 6.45) is 2.28. The summed E-state index contributed by atoms with van der Waals surface area (Å²) in [7, 11) is 0. The third-order valence-corrected chi connectivity index (χ3v) is 3.88. The van der Waals surface area contributed by atoms with Gasteiger partial charge in [0.15, 0.2) is 11.5 Å². The normalized spacial score (nSPS) is 19.7. The average Bonchev–Trinajstić information content (AvgIpc) is 2.94. The van der Waals surface area contributed by atoms with Gasteiger partial charge in [-0.2, -0.15) is 4.52 Å². The molecule has 0 saturated carbocycles. The lowest BCUT2D eigenvalue weighted by Crippen LogP contribution is -2.29. The molecule has 3 aromatic rings. The molecule has 3 heterocycles. The molecule has 6 nitrogen and oxygen atoms in total. The van der Waals surface area contributed by atoms with Gasteiger partial charge in [-0.05, 0) is 31.5 Å². The Kier molecular flexibility index (Phi) is 2.56. The number of hydrogen-bond donors (Lipinski definition) is 2. The molecule has 0 amide bonds. The molecule has 1 aromatic carbocycles. The van der Waals surface area contributed by atoms with Gasteiger partial charge in [-0.1, -0.05) is 12.1 Å². The van der Waals surface area contributed by atoms with Gasteiger partial charge < -0.3 is 11.1 Å². The molecule has 20 heavy (non-hydrogen) atoms. The van der Waals surface area contributed by atoms with Gasteiger partial charge in [0, 0.05) is 17.8 Å². The fourth-order valence-corrected chi connectivity index (χ4v) is 2.84. The minimum atomic E-state index is 0.363. The largest absolute Gasteiger partial charge is 0.368 e. The summed E-state index contributed by atoms with van der Waals surface area (Å²) < 4.78 is 1.66. The van der Waals surface area contributed by atoms with Crippen LogP contribution in [0, 0.1) is 0 Å². The van der Waals surface area contributed by atoms with E-state index >= 15 is 0 Å². The van der Waals surface area contributed by atoms with Crippen molar-refractivity contribution in [3.63, 3.8) is 0 Å². The van der Waals surface area contributed by atoms with Gasteiger partial charge in [-0.3, -0.25) is 0 Å². The third kappa shape index (κ3) is 1.72. The molecule has 1 saturated heterocycles. The molecule has 1 fully saturated rings. The fourth-order valence-electron chi connectivity index (χ4n) is 2.84. The number of aromatic nitrogens is 4. The van der Waals surface area contributed by atoms with Crippen molar-refractivity contribution >= 4 is 22.5 Å². The van der Waals surface area contributed by atoms with Crippen LogP contribution >= 0.6 is 0 Å². The molecule has 6 heteroatoms. The lowest BCUT2D eigenvalue weighted by atomic mass is 9.99. The molecule has 4 rings (SSSR count). The van der Waals surface area contributed by atoms with Crippen LogP contribution in [0.15, 0.2) is 24.3 Å². The van der Waals surface area contributed by atoms with E-state index in [0.717, 1.165) is 48.3 Å². The number of benzene rings is 1. The van der Waals surface area contributed by atoms with Crippen molar-refractivity contribution in [1.29, 1.82) is 0 Å². The summed E-state index contributed by atoms with van der Waals surface area (Å²) in [5, 5.41) is 8.95. The Labute approximate surface area is 116 Å². The predicted octanol–water partition coefficient (Wildman–Crippen LogP) is 1.33. The molecule has 1 atom stereocenters. The Morgan fingerprint density at radius 3 is 3.00 bits per heavy atom. The highest BCUT2D eigenvalue weighted by atomic mass is 15.4. The van der Waals surface area contributed by atoms with Crippen LogP contribution in [0.2, 0.25) is 0 Å². The van der Waals surface area contributed by atoms with E-state index in [1.807, 2.05) is 24.3 Å². The molecule has 1 unspecified atom stereocenters. The summed E-state index contributed by atoms with van der Waals surface area (Å²) in [5.74, 6) is 1.62. The van der Waals surface area contributed by atoms with Crippen molar-refractivity contribution in [1.82, 2.24) is 24.9 Å². The predicted molar refractivity (Wildman–Crippen MR) is 77.5 cm³/mol. The lowest BCUT2D eigenvalue weighted by molar-refractivity contribution is 0.447. The Balaban J connectivity index is 1.93. The van der Waals surface area contributed by atoms with Crippen molar-refractivity contribution in [3.8, 4) is 0 Å². The maximum Gasteiger partial charge on any atom is 0.223 e. The van der Waals surface area contributed by atoms with Crippen molar-refractivity contribution in [2.45, 2.75) is 18.8 Å². The summed E-state index contributed by atoms with van der Waals surface area (Å²) in [5.41, 5.74) is 7.66. The van der Waals surface area contributed by atoms with Crippen molar-refractivity contribution in [2.75, 3.05) is 18.8 Å². The van der Waals surface area contributed by atoms with Gasteiger partial charge in [-0.25, -0.2) is 9.97 Å². The van der Waals surface area contributed by atoms with Crippen LogP contribution < -0.4 is 11.1 Å². The van der Waals surface area contributed by atoms with E-state index in [-0.39, 0.29) is 0 Å². The molecule has 3 N–H and O–H groups in total. The van der Waals surface area contributed by atoms with Crippen LogP contribution in [0.4, 0.5) is 5.95 Å². The van der Waals surface area contributed by atoms with E-state index in [1.165, 1.54) is 0 Å². The molecule has 102 valence electrons. The second-order valence-corrected chi connectivity index (χ2v) is 5.24. The maximum atomic E-state index is 6.00. The lowest BCUT2D eigenvalue weighted by Gasteiger charge is -2.19. The standard InChI is InChI=1S/C14H16N6/c15-14-17-11-6-2-1-5-10(11)13-18-12(19-20(13)14)9-4-3-7-16-8-9/h1-2,5-6,9,16H,3-4,7-8H2,(H2,15,17). The number of nitrogens with one attached hydrogen (secondary N) is 1. The Morgan fingerprint density at radius 2 is 2.15 bits per heavy atom.